The molecule has 4 aliphatic rings. The Morgan fingerprint density at radius 1 is 0.583 bits per heavy atom. The molecule has 0 aliphatic carbocycles. The zero-order chi connectivity index (χ0) is 44.7. The van der Waals surface area contributed by atoms with Crippen molar-refractivity contribution in [3.63, 3.8) is 0 Å². The van der Waals surface area contributed by atoms with Crippen molar-refractivity contribution in [1.29, 1.82) is 0 Å². The number of hydrogen-bond donors (Lipinski definition) is 2. The van der Waals surface area contributed by atoms with Gasteiger partial charge >= 0.3 is 30.2 Å². The summed E-state index contributed by atoms with van der Waals surface area (Å²) in [6.45, 7) is 28.6. The van der Waals surface area contributed by atoms with Gasteiger partial charge in [0.15, 0.2) is 5.69 Å². The second-order valence-electron chi connectivity index (χ2n) is 20.4. The van der Waals surface area contributed by atoms with Crippen LogP contribution in [0.25, 0.3) is 0 Å². The number of carbonyl (C=O) groups is 5. The molecule has 4 saturated heterocycles. The van der Waals surface area contributed by atoms with Gasteiger partial charge in [0.25, 0.3) is 0 Å². The van der Waals surface area contributed by atoms with Crippen LogP contribution in [0.1, 0.15) is 143 Å². The summed E-state index contributed by atoms with van der Waals surface area (Å²) in [5.74, 6) is -0.926. The van der Waals surface area contributed by atoms with Crippen LogP contribution >= 0.6 is 0 Å². The molecule has 0 unspecified atom stereocenters. The Labute approximate surface area is 355 Å². The summed E-state index contributed by atoms with van der Waals surface area (Å²) in [5.41, 5.74) is -1.10. The second kappa shape index (κ2) is 18.9. The van der Waals surface area contributed by atoms with Crippen molar-refractivity contribution in [3.05, 3.63) is 35.9 Å². The van der Waals surface area contributed by atoms with E-state index in [0.29, 0.717) is 37.3 Å². The number of esters is 2. The molecule has 3 amide bonds. The third-order valence-corrected chi connectivity index (χ3v) is 10.5. The first-order valence-electron chi connectivity index (χ1n) is 21.1. The molecule has 6 heterocycles. The lowest BCUT2D eigenvalue weighted by Gasteiger charge is -2.39. The SMILES string of the molecule is CC(C)(C)OC(=O)N1CCC2(CCNCC2)C1.CC(C)(C)OC(=O)c1ccn(C(=O)N2CCC3(CCN(C(=O)OC(C)(C)C)C3)CC2)n1.CC(C)(C)OC(=O)c1ccn[nH]1. The van der Waals surface area contributed by atoms with Gasteiger partial charge in [0, 0.05) is 51.7 Å². The summed E-state index contributed by atoms with van der Waals surface area (Å²) < 4.78 is 22.5. The molecule has 17 nitrogen and oxygen atoms in total. The maximum Gasteiger partial charge on any atom is 0.410 e. The van der Waals surface area contributed by atoms with Gasteiger partial charge in [-0.3, -0.25) is 5.10 Å². The van der Waals surface area contributed by atoms with E-state index < -0.39 is 22.8 Å². The van der Waals surface area contributed by atoms with Crippen LogP contribution in [0.3, 0.4) is 0 Å². The van der Waals surface area contributed by atoms with Gasteiger partial charge in [-0.15, -0.1) is 0 Å². The van der Waals surface area contributed by atoms with Crippen LogP contribution in [0.5, 0.6) is 0 Å². The largest absolute Gasteiger partial charge is 0.455 e. The van der Waals surface area contributed by atoms with Gasteiger partial charge in [0.05, 0.1) is 0 Å². The smallest absolute Gasteiger partial charge is 0.410 e. The first-order chi connectivity index (χ1) is 27.7. The number of nitrogens with one attached hydrogen (secondary N) is 2. The van der Waals surface area contributed by atoms with Crippen molar-refractivity contribution in [2.75, 3.05) is 52.4 Å². The molecule has 2 N–H and O–H groups in total. The highest BCUT2D eigenvalue weighted by molar-refractivity contribution is 5.88. The summed E-state index contributed by atoms with van der Waals surface area (Å²) in [6.07, 6.45) is 8.65. The average molecular weight is 843 g/mol. The van der Waals surface area contributed by atoms with E-state index in [-0.39, 0.29) is 40.9 Å². The van der Waals surface area contributed by atoms with Crippen LogP contribution in [0, 0.1) is 10.8 Å². The maximum absolute atomic E-state index is 12.8. The first kappa shape index (κ1) is 48.0. The van der Waals surface area contributed by atoms with Crippen LogP contribution in [-0.2, 0) is 18.9 Å². The molecule has 0 saturated carbocycles. The minimum atomic E-state index is -0.624. The number of piperidine rings is 2. The van der Waals surface area contributed by atoms with E-state index in [1.807, 2.05) is 67.2 Å². The summed E-state index contributed by atoms with van der Waals surface area (Å²) in [4.78, 5) is 66.0. The second-order valence-corrected chi connectivity index (χ2v) is 20.4. The van der Waals surface area contributed by atoms with Crippen molar-refractivity contribution in [3.8, 4) is 0 Å². The van der Waals surface area contributed by atoms with Crippen LogP contribution in [0.4, 0.5) is 14.4 Å². The lowest BCUT2D eigenvalue weighted by Crippen LogP contribution is -2.46. The summed E-state index contributed by atoms with van der Waals surface area (Å²) in [6, 6.07) is 2.81. The van der Waals surface area contributed by atoms with Crippen LogP contribution < -0.4 is 5.32 Å². The molecule has 2 spiro atoms. The molecule has 336 valence electrons. The topological polar surface area (TPSA) is 191 Å². The normalized spacial score (nSPS) is 18.8. The number of nitrogens with zero attached hydrogens (tertiary/aromatic N) is 6. The first-order valence-corrected chi connectivity index (χ1v) is 21.1. The Kier molecular flexibility index (Phi) is 15.2. The van der Waals surface area contributed by atoms with Gasteiger partial charge < -0.3 is 39.0 Å². The monoisotopic (exact) mass is 843 g/mol. The Morgan fingerprint density at radius 2 is 1.02 bits per heavy atom. The van der Waals surface area contributed by atoms with Crippen molar-refractivity contribution in [2.45, 2.75) is 144 Å². The fourth-order valence-corrected chi connectivity index (χ4v) is 7.50. The molecule has 60 heavy (non-hydrogen) atoms. The predicted octanol–water partition coefficient (Wildman–Crippen LogP) is 6.89. The van der Waals surface area contributed by atoms with Gasteiger partial charge in [-0.25, -0.2) is 24.0 Å². The Bertz CT molecular complexity index is 1770. The number of likely N-dealkylation sites (tertiary alicyclic amines) is 3. The fourth-order valence-electron chi connectivity index (χ4n) is 7.50. The van der Waals surface area contributed by atoms with Gasteiger partial charge in [-0.05, 0) is 158 Å². The van der Waals surface area contributed by atoms with E-state index >= 15 is 0 Å². The third-order valence-electron chi connectivity index (χ3n) is 10.5. The van der Waals surface area contributed by atoms with E-state index in [1.54, 1.807) is 36.6 Å². The maximum atomic E-state index is 12.8. The molecule has 0 bridgehead atoms. The molecule has 6 rings (SSSR count). The highest BCUT2D eigenvalue weighted by Gasteiger charge is 2.44. The highest BCUT2D eigenvalue weighted by atomic mass is 16.6. The van der Waals surface area contributed by atoms with Crippen LogP contribution in [0.2, 0.25) is 0 Å². The van der Waals surface area contributed by atoms with E-state index in [1.165, 1.54) is 36.0 Å². The van der Waals surface area contributed by atoms with Gasteiger partial charge in [0.1, 0.15) is 28.1 Å². The van der Waals surface area contributed by atoms with Crippen molar-refractivity contribution < 1.29 is 42.9 Å². The van der Waals surface area contributed by atoms with E-state index in [9.17, 15) is 24.0 Å². The minimum absolute atomic E-state index is 0.0273. The molecule has 0 aromatic carbocycles. The lowest BCUT2D eigenvalue weighted by molar-refractivity contribution is 0.00501. The number of H-pyrrole nitrogens is 1. The fraction of sp³-hybridized carbons (Fsp3) is 0.744. The van der Waals surface area contributed by atoms with Gasteiger partial charge in [-0.2, -0.15) is 14.9 Å². The minimum Gasteiger partial charge on any atom is -0.455 e. The number of hydrogen-bond acceptors (Lipinski definition) is 12. The van der Waals surface area contributed by atoms with Gasteiger partial charge in [-0.1, -0.05) is 0 Å². The van der Waals surface area contributed by atoms with Crippen molar-refractivity contribution in [2.24, 2.45) is 10.8 Å². The van der Waals surface area contributed by atoms with Gasteiger partial charge in [0.2, 0.25) is 0 Å². The van der Waals surface area contributed by atoms with Crippen LogP contribution in [-0.4, -0.2) is 140 Å². The summed E-state index contributed by atoms with van der Waals surface area (Å²) in [7, 11) is 0. The average Bonchev–Trinajstić information content (AvgIpc) is 3.95. The predicted molar refractivity (Wildman–Crippen MR) is 225 cm³/mol. The van der Waals surface area contributed by atoms with Crippen LogP contribution in [0.15, 0.2) is 24.5 Å². The number of rotatable bonds is 2. The van der Waals surface area contributed by atoms with E-state index in [0.717, 1.165) is 51.9 Å². The molecule has 0 atom stereocenters. The number of aromatic amines is 1. The third kappa shape index (κ3) is 14.8. The molecular weight excluding hydrogens is 773 g/mol. The Morgan fingerprint density at radius 3 is 1.45 bits per heavy atom. The Balaban J connectivity index is 0.000000228. The number of amides is 3. The Hall–Kier alpha value is -4.67. The number of aromatic nitrogens is 4. The molecule has 17 heteroatoms. The molecule has 0 radical (unpaired) electrons. The quantitative estimate of drug-likeness (QED) is 0.236. The van der Waals surface area contributed by atoms with Crippen molar-refractivity contribution in [1.82, 2.24) is 40.0 Å². The zero-order valence-corrected chi connectivity index (χ0v) is 38.1. The standard InChI is InChI=1S/C22H34N4O5.C13H24N2O2.C8H12N2O2/c1-20(2,3)30-17(27)16-7-11-26(23-16)18(28)24-12-8-22(9-13-24)10-14-25(15-22)19(29)31-21(4,5)6;1-12(2,3)17-11(16)15-9-6-13(10-15)4-7-14-8-5-13;1-8(2,3)12-7(11)6-4-5-9-10-6/h7,11H,8-10,12-15H2,1-6H3;14H,4-10H2,1-3H3;4-5H,1-3H3,(H,9,10). The summed E-state index contributed by atoms with van der Waals surface area (Å²) >= 11 is 0. The van der Waals surface area contributed by atoms with Crippen molar-refractivity contribution >= 4 is 30.2 Å². The molecular formula is C43H70N8O9. The molecule has 4 aliphatic heterocycles. The summed E-state index contributed by atoms with van der Waals surface area (Å²) in [5, 5.41) is 13.7. The molecule has 2 aromatic heterocycles. The lowest BCUT2D eigenvalue weighted by atomic mass is 9.78. The van der Waals surface area contributed by atoms with E-state index in [4.69, 9.17) is 18.9 Å². The van der Waals surface area contributed by atoms with E-state index in [2.05, 4.69) is 20.6 Å². The highest BCUT2D eigenvalue weighted by Crippen LogP contribution is 2.41. The number of carbonyl (C=O) groups excluding carboxylic acids is 5. The zero-order valence-electron chi connectivity index (χ0n) is 38.1. The number of ether oxygens (including phenoxy) is 4. The molecule has 2 aromatic rings. The molecule has 4 fully saturated rings.